The lowest BCUT2D eigenvalue weighted by Gasteiger charge is -2.15. The number of hydrogen-bond acceptors (Lipinski definition) is 4. The van der Waals surface area contributed by atoms with Gasteiger partial charge in [0.2, 0.25) is 0 Å². The Morgan fingerprint density at radius 3 is 2.78 bits per heavy atom. The second-order valence-electron chi connectivity index (χ2n) is 4.52. The number of rotatable bonds is 6. The van der Waals surface area contributed by atoms with Crippen LogP contribution in [0.15, 0.2) is 21.9 Å². The molecule has 0 fully saturated rings. The lowest BCUT2D eigenvalue weighted by Crippen LogP contribution is -2.23. The van der Waals surface area contributed by atoms with Crippen LogP contribution in [0.3, 0.4) is 0 Å². The first kappa shape index (κ1) is 13.3. The Hall–Kier alpha value is -1.13. The van der Waals surface area contributed by atoms with Gasteiger partial charge < -0.3 is 9.73 Å². The topological polar surface area (TPSA) is 38.1 Å². The van der Waals surface area contributed by atoms with Crippen molar-refractivity contribution in [1.29, 1.82) is 0 Å². The Labute approximate surface area is 112 Å². The standard InChI is InChI=1S/C14H20N2OS/c1-4-7-15-13(14-6-5-10(2)17-14)8-12-9-18-11(3)16-12/h5-6,9,13,15H,4,7-8H2,1-3H3. The van der Waals surface area contributed by atoms with Crippen LogP contribution < -0.4 is 5.32 Å². The van der Waals surface area contributed by atoms with E-state index in [1.807, 2.05) is 19.9 Å². The summed E-state index contributed by atoms with van der Waals surface area (Å²) in [5.41, 5.74) is 1.14. The molecule has 0 spiro atoms. The third-order valence-electron chi connectivity index (χ3n) is 2.83. The predicted octanol–water partition coefficient (Wildman–Crippen LogP) is 3.64. The van der Waals surface area contributed by atoms with Gasteiger partial charge in [0.1, 0.15) is 11.5 Å². The molecule has 2 aromatic heterocycles. The normalized spacial score (nSPS) is 12.8. The first-order chi connectivity index (χ1) is 8.69. The Morgan fingerprint density at radius 1 is 1.39 bits per heavy atom. The molecule has 1 unspecified atom stereocenters. The smallest absolute Gasteiger partial charge is 0.121 e. The van der Waals surface area contributed by atoms with Crippen LogP contribution in [0.5, 0.6) is 0 Å². The highest BCUT2D eigenvalue weighted by Gasteiger charge is 2.16. The van der Waals surface area contributed by atoms with E-state index < -0.39 is 0 Å². The zero-order valence-electron chi connectivity index (χ0n) is 11.2. The van der Waals surface area contributed by atoms with Crippen LogP contribution in [0.2, 0.25) is 0 Å². The molecule has 0 bridgehead atoms. The molecule has 3 nitrogen and oxygen atoms in total. The van der Waals surface area contributed by atoms with Crippen LogP contribution in [0.25, 0.3) is 0 Å². The largest absolute Gasteiger partial charge is 0.465 e. The number of furan rings is 1. The Morgan fingerprint density at radius 2 is 2.22 bits per heavy atom. The molecule has 0 saturated heterocycles. The van der Waals surface area contributed by atoms with E-state index in [4.69, 9.17) is 4.42 Å². The second-order valence-corrected chi connectivity index (χ2v) is 5.58. The van der Waals surface area contributed by atoms with Gasteiger partial charge in [-0.25, -0.2) is 4.98 Å². The highest BCUT2D eigenvalue weighted by Crippen LogP contribution is 2.21. The van der Waals surface area contributed by atoms with E-state index >= 15 is 0 Å². The zero-order valence-corrected chi connectivity index (χ0v) is 12.0. The molecule has 18 heavy (non-hydrogen) atoms. The number of nitrogens with zero attached hydrogens (tertiary/aromatic N) is 1. The van der Waals surface area contributed by atoms with Crippen LogP contribution in [0, 0.1) is 13.8 Å². The van der Waals surface area contributed by atoms with Crippen molar-refractivity contribution in [3.63, 3.8) is 0 Å². The van der Waals surface area contributed by atoms with Crippen LogP contribution in [0.1, 0.15) is 41.6 Å². The van der Waals surface area contributed by atoms with Crippen LogP contribution in [0.4, 0.5) is 0 Å². The van der Waals surface area contributed by atoms with Crippen LogP contribution in [-0.4, -0.2) is 11.5 Å². The molecule has 1 N–H and O–H groups in total. The number of aromatic nitrogens is 1. The van der Waals surface area contributed by atoms with Gasteiger partial charge in [-0.3, -0.25) is 0 Å². The third-order valence-corrected chi connectivity index (χ3v) is 3.65. The number of aryl methyl sites for hydroxylation is 2. The molecular formula is C14H20N2OS. The Balaban J connectivity index is 2.09. The second kappa shape index (κ2) is 6.16. The summed E-state index contributed by atoms with van der Waals surface area (Å²) in [6.45, 7) is 7.19. The third kappa shape index (κ3) is 3.43. The van der Waals surface area contributed by atoms with Gasteiger partial charge in [0.25, 0.3) is 0 Å². The van der Waals surface area contributed by atoms with Crippen molar-refractivity contribution in [3.05, 3.63) is 39.7 Å². The monoisotopic (exact) mass is 264 g/mol. The van der Waals surface area contributed by atoms with E-state index in [2.05, 4.69) is 28.7 Å². The van der Waals surface area contributed by atoms with Crippen molar-refractivity contribution in [2.75, 3.05) is 6.54 Å². The van der Waals surface area contributed by atoms with E-state index in [1.165, 1.54) is 0 Å². The SMILES string of the molecule is CCCNC(Cc1csc(C)n1)c1ccc(C)o1. The van der Waals surface area contributed by atoms with Crippen molar-refractivity contribution in [2.24, 2.45) is 0 Å². The molecule has 4 heteroatoms. The van der Waals surface area contributed by atoms with Crippen molar-refractivity contribution in [1.82, 2.24) is 10.3 Å². The zero-order chi connectivity index (χ0) is 13.0. The predicted molar refractivity (Wildman–Crippen MR) is 75.0 cm³/mol. The van der Waals surface area contributed by atoms with Crippen LogP contribution >= 0.6 is 11.3 Å². The highest BCUT2D eigenvalue weighted by molar-refractivity contribution is 7.09. The van der Waals surface area contributed by atoms with Gasteiger partial charge in [0, 0.05) is 11.8 Å². The minimum atomic E-state index is 0.222. The molecule has 0 aromatic carbocycles. The van der Waals surface area contributed by atoms with Gasteiger partial charge in [0.15, 0.2) is 0 Å². The fourth-order valence-electron chi connectivity index (χ4n) is 1.94. The molecule has 0 aliphatic heterocycles. The van der Waals surface area contributed by atoms with Crippen molar-refractivity contribution < 1.29 is 4.42 Å². The number of nitrogens with one attached hydrogen (secondary N) is 1. The molecule has 0 saturated carbocycles. The first-order valence-electron chi connectivity index (χ1n) is 6.39. The summed E-state index contributed by atoms with van der Waals surface area (Å²) in [5.74, 6) is 1.97. The minimum absolute atomic E-state index is 0.222. The maximum Gasteiger partial charge on any atom is 0.121 e. The summed E-state index contributed by atoms with van der Waals surface area (Å²) in [5, 5.41) is 6.78. The van der Waals surface area contributed by atoms with Gasteiger partial charge >= 0.3 is 0 Å². The molecule has 1 atom stereocenters. The lowest BCUT2D eigenvalue weighted by atomic mass is 10.1. The van der Waals surface area contributed by atoms with E-state index in [-0.39, 0.29) is 6.04 Å². The molecule has 0 radical (unpaired) electrons. The van der Waals surface area contributed by atoms with E-state index in [0.29, 0.717) is 0 Å². The summed E-state index contributed by atoms with van der Waals surface area (Å²) in [6, 6.07) is 4.30. The molecule has 0 aliphatic carbocycles. The quantitative estimate of drug-likeness (QED) is 0.865. The minimum Gasteiger partial charge on any atom is -0.465 e. The van der Waals surface area contributed by atoms with Gasteiger partial charge in [-0.05, 0) is 38.9 Å². The lowest BCUT2D eigenvalue weighted by molar-refractivity contribution is 0.397. The van der Waals surface area contributed by atoms with Gasteiger partial charge in [-0.2, -0.15) is 0 Å². The summed E-state index contributed by atoms with van der Waals surface area (Å²) < 4.78 is 5.73. The first-order valence-corrected chi connectivity index (χ1v) is 7.27. The molecule has 0 aliphatic rings. The van der Waals surface area contributed by atoms with Crippen molar-refractivity contribution in [2.45, 2.75) is 39.7 Å². The maximum atomic E-state index is 5.73. The van der Waals surface area contributed by atoms with Gasteiger partial charge in [-0.1, -0.05) is 6.92 Å². The maximum absolute atomic E-state index is 5.73. The highest BCUT2D eigenvalue weighted by atomic mass is 32.1. The molecule has 0 amide bonds. The van der Waals surface area contributed by atoms with Crippen LogP contribution in [-0.2, 0) is 6.42 Å². The average Bonchev–Trinajstić information content (AvgIpc) is 2.93. The summed E-state index contributed by atoms with van der Waals surface area (Å²) in [4.78, 5) is 4.53. The fourth-order valence-corrected chi connectivity index (χ4v) is 2.57. The van der Waals surface area contributed by atoms with E-state index in [0.717, 1.165) is 41.6 Å². The summed E-state index contributed by atoms with van der Waals surface area (Å²) in [6.07, 6.45) is 2.00. The van der Waals surface area contributed by atoms with Gasteiger partial charge in [-0.15, -0.1) is 11.3 Å². The Bertz CT molecular complexity index is 489. The Kier molecular flexibility index (Phi) is 4.55. The van der Waals surface area contributed by atoms with Gasteiger partial charge in [0.05, 0.1) is 16.7 Å². The van der Waals surface area contributed by atoms with Crippen molar-refractivity contribution >= 4 is 11.3 Å². The number of thiazole rings is 1. The molecule has 98 valence electrons. The number of hydrogen-bond donors (Lipinski definition) is 1. The fraction of sp³-hybridized carbons (Fsp3) is 0.500. The molecule has 2 heterocycles. The van der Waals surface area contributed by atoms with E-state index in [9.17, 15) is 0 Å². The molecule has 2 aromatic rings. The molecular weight excluding hydrogens is 244 g/mol. The van der Waals surface area contributed by atoms with Crippen molar-refractivity contribution in [3.8, 4) is 0 Å². The average molecular weight is 264 g/mol. The summed E-state index contributed by atoms with van der Waals surface area (Å²) >= 11 is 1.70. The van der Waals surface area contributed by atoms with E-state index in [1.54, 1.807) is 11.3 Å². The summed E-state index contributed by atoms with van der Waals surface area (Å²) in [7, 11) is 0. The molecule has 2 rings (SSSR count).